The van der Waals surface area contributed by atoms with Crippen LogP contribution in [0.1, 0.15) is 11.1 Å². The van der Waals surface area contributed by atoms with Crippen molar-refractivity contribution in [3.63, 3.8) is 0 Å². The molecule has 2 radical (unpaired) electrons. The Hall–Kier alpha value is 0.524. The molecule has 14 heteroatoms. The Bertz CT molecular complexity index is 609. The Morgan fingerprint density at radius 2 is 1.03 bits per heavy atom. The van der Waals surface area contributed by atoms with Crippen molar-refractivity contribution in [2.45, 2.75) is 6.42 Å². The summed E-state index contributed by atoms with van der Waals surface area (Å²) in [5.41, 5.74) is 3.28. The van der Waals surface area contributed by atoms with Crippen LogP contribution in [0.15, 0.2) is 36.4 Å². The zero-order valence-corrected chi connectivity index (χ0v) is 16.4. The molecule has 0 nitrogen and oxygen atoms in total. The van der Waals surface area contributed by atoms with E-state index in [-0.39, 0.29) is 80.9 Å². The molecule has 0 saturated carbocycles. The predicted octanol–water partition coefficient (Wildman–Crippen LogP) is 4.58. The van der Waals surface area contributed by atoms with Crippen molar-refractivity contribution in [1.82, 2.24) is 0 Å². The molecule has 29 heavy (non-hydrogen) atoms. The summed E-state index contributed by atoms with van der Waals surface area (Å²) in [7, 11) is 3.78. The molecule has 1 aliphatic rings. The molecule has 2 aromatic carbocycles. The predicted molar refractivity (Wildman–Crippen MR) is 93.0 cm³/mol. The number of fused-ring (bicyclic) bond motifs is 3. The minimum absolute atomic E-state index is 0. The molecular formula is C15H14Ar2B3F9. The first-order valence-corrected chi connectivity index (χ1v) is 7.05. The Morgan fingerprint density at radius 3 is 1.38 bits per heavy atom. The van der Waals surface area contributed by atoms with Crippen LogP contribution in [0.5, 0.6) is 0 Å². The van der Waals surface area contributed by atoms with Gasteiger partial charge in [-0.15, -0.1) is 0 Å². The molecule has 0 aromatic heterocycles. The van der Waals surface area contributed by atoms with E-state index >= 15 is 0 Å². The molecule has 1 aliphatic carbocycles. The fourth-order valence-corrected chi connectivity index (χ4v) is 2.75. The van der Waals surface area contributed by atoms with Crippen LogP contribution < -0.4 is 10.9 Å². The average molecular weight is 478 g/mol. The van der Waals surface area contributed by atoms with Crippen LogP contribution in [0.4, 0.5) is 40.0 Å². The third-order valence-electron chi connectivity index (χ3n) is 3.60. The molecule has 0 aliphatic heterocycles. The summed E-state index contributed by atoms with van der Waals surface area (Å²) in [6, 6.07) is 9.96. The van der Waals surface area contributed by atoms with Gasteiger partial charge in [-0.05, 0) is 39.6 Å². The van der Waals surface area contributed by atoms with Gasteiger partial charge in [0, 0.05) is 93.8 Å². The summed E-state index contributed by atoms with van der Waals surface area (Å²) in [5.74, 6) is 0. The monoisotopic (exact) mass is 478 g/mol. The van der Waals surface area contributed by atoms with Crippen LogP contribution in [-0.4, -0.2) is 36.2 Å². The van der Waals surface area contributed by atoms with Gasteiger partial charge in [-0.2, -0.15) is 0 Å². The van der Waals surface area contributed by atoms with E-state index < -0.39 is 14.1 Å². The van der Waals surface area contributed by atoms with E-state index in [0.29, 0.717) is 31.8 Å². The molecule has 0 unspecified atom stereocenters. The third kappa shape index (κ3) is 10.1. The number of hydrogen-bond donors (Lipinski definition) is 0. The van der Waals surface area contributed by atoms with Crippen LogP contribution in [0.3, 0.4) is 0 Å². The molecule has 0 spiro atoms. The zero-order valence-electron chi connectivity index (χ0n) is 15.0. The Kier molecular flexibility index (Phi) is 27.6. The van der Waals surface area contributed by atoms with Crippen molar-refractivity contribution >= 4 is 32.8 Å². The van der Waals surface area contributed by atoms with Crippen LogP contribution in [0, 0.1) is 75.5 Å². The first-order chi connectivity index (χ1) is 13.1. The van der Waals surface area contributed by atoms with E-state index in [1.165, 1.54) is 6.07 Å². The van der Waals surface area contributed by atoms with Crippen molar-refractivity contribution in [2.24, 2.45) is 0 Å². The van der Waals surface area contributed by atoms with Gasteiger partial charge in [0.15, 0.2) is 0 Å². The van der Waals surface area contributed by atoms with Gasteiger partial charge in [0.1, 0.15) is 0 Å². The molecule has 3 rings (SSSR count). The van der Waals surface area contributed by atoms with Gasteiger partial charge >= 0.3 is 14.1 Å². The standard InChI is InChI=1S/C13H8B3F3.2CH3F.2Ar.2F2/c14-15(17)12-5-1-3-8-9-4-2-6-13(16(18)19)11(9)7-10(8)12;2*1-2;;;2*1-2/h1-6H,7H2;2*1H3;;;;. The molecule has 0 amide bonds. The van der Waals surface area contributed by atoms with Crippen LogP contribution in [0.25, 0.3) is 11.1 Å². The minimum atomic E-state index is -2.52. The third-order valence-corrected chi connectivity index (χ3v) is 3.60. The van der Waals surface area contributed by atoms with E-state index in [2.05, 4.69) is 0 Å². The number of rotatable bonds is 2. The van der Waals surface area contributed by atoms with Crippen molar-refractivity contribution < 1.29 is 116 Å². The molecule has 0 N–H and O–H groups in total. The van der Waals surface area contributed by atoms with Crippen LogP contribution >= 0.6 is 0 Å². The maximum atomic E-state index is 13.4. The van der Waals surface area contributed by atoms with Gasteiger partial charge in [-0.25, -0.2) is 0 Å². The first kappa shape index (κ1) is 36.9. The second kappa shape index (κ2) is 21.7. The molecule has 0 atom stereocenters. The Morgan fingerprint density at radius 1 is 0.690 bits per heavy atom. The fourth-order valence-electron chi connectivity index (χ4n) is 2.75. The van der Waals surface area contributed by atoms with Crippen molar-refractivity contribution in [1.29, 1.82) is 0 Å². The fraction of sp³-hybridized carbons (Fsp3) is 0.200. The van der Waals surface area contributed by atoms with Gasteiger partial charge in [0.25, 0.3) is 0 Å². The Balaban J connectivity index is -0.000000281. The molecule has 162 valence electrons. The number of hydrogen-bond acceptors (Lipinski definition) is 0. The second-order valence-electron chi connectivity index (χ2n) is 4.63. The maximum absolute atomic E-state index is 13.4. The van der Waals surface area contributed by atoms with E-state index in [1.54, 1.807) is 24.3 Å². The van der Waals surface area contributed by atoms with E-state index in [1.807, 2.05) is 6.07 Å². The molecule has 2 aromatic rings. The van der Waals surface area contributed by atoms with Gasteiger partial charge in [0.05, 0.1) is 22.1 Å². The molecule has 0 fully saturated rings. The van der Waals surface area contributed by atoms with Crippen molar-refractivity contribution in [3.8, 4) is 11.1 Å². The van der Waals surface area contributed by atoms with Crippen molar-refractivity contribution in [2.75, 3.05) is 14.4 Å². The number of halogens is 9. The van der Waals surface area contributed by atoms with Gasteiger partial charge in [0.2, 0.25) is 0 Å². The summed E-state index contributed by atoms with van der Waals surface area (Å²) >= 11 is 0. The largest absolute Gasteiger partial charge is 0.572 e. The van der Waals surface area contributed by atoms with Gasteiger partial charge in [-0.3, -0.25) is 17.4 Å². The summed E-state index contributed by atoms with van der Waals surface area (Å²) in [5, 5.41) is 0. The summed E-state index contributed by atoms with van der Waals surface area (Å²) < 4.78 is 90.4. The summed E-state index contributed by atoms with van der Waals surface area (Å²) in [4.78, 5) is 0. The minimum Gasteiger partial charge on any atom is -0.342 e. The van der Waals surface area contributed by atoms with E-state index in [9.17, 15) is 21.7 Å². The Labute approximate surface area is 225 Å². The van der Waals surface area contributed by atoms with Crippen LogP contribution in [0.2, 0.25) is 0 Å². The molecule has 0 bridgehead atoms. The first-order valence-electron chi connectivity index (χ1n) is 7.05. The van der Waals surface area contributed by atoms with E-state index in [4.69, 9.17) is 26.0 Å². The average Bonchev–Trinajstić information content (AvgIpc) is 3.12. The zero-order chi connectivity index (χ0) is 21.6. The number of alkyl halides is 2. The van der Waals surface area contributed by atoms with Gasteiger partial charge in [-0.1, -0.05) is 36.4 Å². The quantitative estimate of drug-likeness (QED) is 0.375. The van der Waals surface area contributed by atoms with Crippen LogP contribution in [-0.2, 0) is 6.42 Å². The van der Waals surface area contributed by atoms with Gasteiger partial charge < -0.3 is 4.32 Å². The molecule has 0 heterocycles. The summed E-state index contributed by atoms with van der Waals surface area (Å²) in [6.07, 6.45) is 0.318. The molecular weight excluding hydrogens is 463 g/mol. The maximum Gasteiger partial charge on any atom is 0.572 e. The number of benzene rings is 2. The topological polar surface area (TPSA) is 0 Å². The summed E-state index contributed by atoms with van der Waals surface area (Å²) in [6.45, 7) is -1.58. The SMILES string of the molecule is CF.CF.FF.FF.[Ar].[Ar].[B]B(F)c1cccc2c1Cc1c(B(F)F)cccc1-2. The molecule has 0 saturated heterocycles. The second-order valence-corrected chi connectivity index (χ2v) is 4.63. The smallest absolute Gasteiger partial charge is 0.342 e. The van der Waals surface area contributed by atoms with E-state index in [0.717, 1.165) is 16.7 Å². The van der Waals surface area contributed by atoms with Crippen molar-refractivity contribution in [3.05, 3.63) is 47.5 Å². The normalized spacial score (nSPS) is 8.66.